The van der Waals surface area contributed by atoms with Crippen molar-refractivity contribution in [2.24, 2.45) is 0 Å². The highest BCUT2D eigenvalue weighted by molar-refractivity contribution is 6.31. The number of ketones is 1. The molecule has 1 aliphatic rings. The molecule has 0 unspecified atom stereocenters. The van der Waals surface area contributed by atoms with E-state index in [-0.39, 0.29) is 5.78 Å². The minimum atomic E-state index is 0.0903. The molecule has 0 bridgehead atoms. The summed E-state index contributed by atoms with van der Waals surface area (Å²) in [5.41, 5.74) is 1.88. The number of Topliss-reactive ketones (excluding diaryl/α,β-unsaturated/α-hetero) is 1. The van der Waals surface area contributed by atoms with Crippen molar-refractivity contribution >= 4 is 17.4 Å². The smallest absolute Gasteiger partial charge is 0.156 e. The molecular weight excluding hydrogens is 172 g/mol. The SMILES string of the molecule is CC(=O)C1=CC(Cl)=CC(C)=CC1. The average Bonchev–Trinajstić information content (AvgIpc) is 2.11. The first-order chi connectivity index (χ1) is 5.59. The Bertz CT molecular complexity index is 295. The van der Waals surface area contributed by atoms with Crippen molar-refractivity contribution in [1.82, 2.24) is 0 Å². The molecule has 0 saturated heterocycles. The van der Waals surface area contributed by atoms with E-state index >= 15 is 0 Å². The number of allylic oxidation sites excluding steroid dienone is 6. The Morgan fingerprint density at radius 3 is 2.75 bits per heavy atom. The fraction of sp³-hybridized carbons (Fsp3) is 0.300. The van der Waals surface area contributed by atoms with Crippen LogP contribution in [0.15, 0.2) is 34.4 Å². The summed E-state index contributed by atoms with van der Waals surface area (Å²) in [7, 11) is 0. The van der Waals surface area contributed by atoms with Gasteiger partial charge in [0.15, 0.2) is 5.78 Å². The second-order valence-corrected chi connectivity index (χ2v) is 3.34. The first kappa shape index (κ1) is 9.27. The molecule has 0 aromatic heterocycles. The Balaban J connectivity index is 2.97. The number of carbonyl (C=O) groups excluding carboxylic acids is 1. The van der Waals surface area contributed by atoms with Gasteiger partial charge in [-0.15, -0.1) is 0 Å². The first-order valence-corrected chi connectivity index (χ1v) is 4.23. The van der Waals surface area contributed by atoms with Gasteiger partial charge in [-0.2, -0.15) is 0 Å². The van der Waals surface area contributed by atoms with Crippen molar-refractivity contribution in [2.45, 2.75) is 20.3 Å². The Morgan fingerprint density at radius 2 is 2.17 bits per heavy atom. The normalized spacial score (nSPS) is 17.4. The van der Waals surface area contributed by atoms with Crippen molar-refractivity contribution in [2.75, 3.05) is 0 Å². The van der Waals surface area contributed by atoms with E-state index in [1.807, 2.05) is 19.1 Å². The maximum Gasteiger partial charge on any atom is 0.156 e. The summed E-state index contributed by atoms with van der Waals surface area (Å²) in [5, 5.41) is 0.631. The molecule has 0 saturated carbocycles. The van der Waals surface area contributed by atoms with Gasteiger partial charge in [0.2, 0.25) is 0 Å². The van der Waals surface area contributed by atoms with E-state index in [0.29, 0.717) is 11.5 Å². The topological polar surface area (TPSA) is 17.1 Å². The van der Waals surface area contributed by atoms with Gasteiger partial charge in [-0.3, -0.25) is 4.79 Å². The fourth-order valence-electron chi connectivity index (χ4n) is 1.06. The van der Waals surface area contributed by atoms with E-state index in [1.165, 1.54) is 0 Å². The van der Waals surface area contributed by atoms with E-state index in [0.717, 1.165) is 11.1 Å². The Kier molecular flexibility index (Phi) is 2.88. The summed E-state index contributed by atoms with van der Waals surface area (Å²) < 4.78 is 0. The molecule has 0 atom stereocenters. The minimum absolute atomic E-state index is 0.0903. The third kappa shape index (κ3) is 2.35. The standard InChI is InChI=1S/C10H11ClO/c1-7-3-4-9(8(2)12)6-10(11)5-7/h3,5-6H,4H2,1-2H3. The Labute approximate surface area is 77.4 Å². The van der Waals surface area contributed by atoms with Crippen LogP contribution >= 0.6 is 11.6 Å². The molecular formula is C10H11ClO. The average molecular weight is 183 g/mol. The van der Waals surface area contributed by atoms with E-state index in [9.17, 15) is 4.79 Å². The van der Waals surface area contributed by atoms with Crippen molar-refractivity contribution < 1.29 is 4.79 Å². The van der Waals surface area contributed by atoms with Crippen LogP contribution in [-0.2, 0) is 4.79 Å². The molecule has 0 N–H and O–H groups in total. The summed E-state index contributed by atoms with van der Waals surface area (Å²) in [6, 6.07) is 0. The highest BCUT2D eigenvalue weighted by Gasteiger charge is 2.05. The van der Waals surface area contributed by atoms with E-state index in [4.69, 9.17) is 11.6 Å². The van der Waals surface area contributed by atoms with E-state index < -0.39 is 0 Å². The molecule has 0 aromatic carbocycles. The maximum atomic E-state index is 11.0. The molecule has 64 valence electrons. The zero-order valence-corrected chi connectivity index (χ0v) is 7.98. The molecule has 2 heteroatoms. The highest BCUT2D eigenvalue weighted by Crippen LogP contribution is 2.19. The van der Waals surface area contributed by atoms with Crippen LogP contribution < -0.4 is 0 Å². The summed E-state index contributed by atoms with van der Waals surface area (Å²) in [5.74, 6) is 0.0903. The van der Waals surface area contributed by atoms with Gasteiger partial charge < -0.3 is 0 Å². The van der Waals surface area contributed by atoms with Gasteiger partial charge >= 0.3 is 0 Å². The third-order valence-electron chi connectivity index (χ3n) is 1.77. The van der Waals surface area contributed by atoms with Gasteiger partial charge in [-0.1, -0.05) is 23.3 Å². The number of rotatable bonds is 1. The van der Waals surface area contributed by atoms with Crippen molar-refractivity contribution in [3.8, 4) is 0 Å². The van der Waals surface area contributed by atoms with E-state index in [2.05, 4.69) is 0 Å². The van der Waals surface area contributed by atoms with Crippen LogP contribution in [0.5, 0.6) is 0 Å². The summed E-state index contributed by atoms with van der Waals surface area (Å²) in [4.78, 5) is 11.0. The molecule has 0 aromatic rings. The van der Waals surface area contributed by atoms with E-state index in [1.54, 1.807) is 13.0 Å². The predicted octanol–water partition coefficient (Wildman–Crippen LogP) is 2.97. The minimum Gasteiger partial charge on any atom is -0.295 e. The van der Waals surface area contributed by atoms with Gasteiger partial charge in [0.1, 0.15) is 0 Å². The second kappa shape index (κ2) is 3.72. The van der Waals surface area contributed by atoms with Crippen LogP contribution in [0.4, 0.5) is 0 Å². The zero-order valence-electron chi connectivity index (χ0n) is 7.23. The summed E-state index contributed by atoms with van der Waals surface area (Å²) in [6.45, 7) is 3.53. The van der Waals surface area contributed by atoms with Gasteiger partial charge in [0, 0.05) is 10.6 Å². The molecule has 1 rings (SSSR count). The van der Waals surface area contributed by atoms with Crippen molar-refractivity contribution in [3.05, 3.63) is 34.4 Å². The van der Waals surface area contributed by atoms with Crippen LogP contribution in [0.2, 0.25) is 0 Å². The molecule has 0 radical (unpaired) electrons. The van der Waals surface area contributed by atoms with Crippen LogP contribution in [0.1, 0.15) is 20.3 Å². The number of carbonyl (C=O) groups is 1. The monoisotopic (exact) mass is 182 g/mol. The third-order valence-corrected chi connectivity index (χ3v) is 1.99. The lowest BCUT2D eigenvalue weighted by molar-refractivity contribution is -0.113. The fourth-order valence-corrected chi connectivity index (χ4v) is 1.36. The quantitative estimate of drug-likeness (QED) is 0.610. The highest BCUT2D eigenvalue weighted by atomic mass is 35.5. The van der Waals surface area contributed by atoms with Gasteiger partial charge in [-0.05, 0) is 32.4 Å². The largest absolute Gasteiger partial charge is 0.295 e. The lowest BCUT2D eigenvalue weighted by Crippen LogP contribution is -1.94. The molecule has 0 aliphatic heterocycles. The summed E-state index contributed by atoms with van der Waals surface area (Å²) in [6.07, 6.45) is 6.28. The van der Waals surface area contributed by atoms with Gasteiger partial charge in [0.05, 0.1) is 0 Å². The van der Waals surface area contributed by atoms with Crippen LogP contribution in [0.25, 0.3) is 0 Å². The first-order valence-electron chi connectivity index (χ1n) is 3.85. The van der Waals surface area contributed by atoms with Crippen LogP contribution in [0.3, 0.4) is 0 Å². The zero-order chi connectivity index (χ0) is 9.14. The predicted molar refractivity (Wildman–Crippen MR) is 51.1 cm³/mol. The lowest BCUT2D eigenvalue weighted by atomic mass is 10.1. The second-order valence-electron chi connectivity index (χ2n) is 2.91. The summed E-state index contributed by atoms with van der Waals surface area (Å²) >= 11 is 5.85. The van der Waals surface area contributed by atoms with Crippen LogP contribution in [0, 0.1) is 0 Å². The molecule has 1 aliphatic carbocycles. The number of hydrogen-bond donors (Lipinski definition) is 0. The molecule has 0 spiro atoms. The Hall–Kier alpha value is -0.820. The van der Waals surface area contributed by atoms with Crippen LogP contribution in [-0.4, -0.2) is 5.78 Å². The lowest BCUT2D eigenvalue weighted by Gasteiger charge is -1.95. The number of halogens is 1. The van der Waals surface area contributed by atoms with Crippen molar-refractivity contribution in [3.63, 3.8) is 0 Å². The maximum absolute atomic E-state index is 11.0. The van der Waals surface area contributed by atoms with Crippen molar-refractivity contribution in [1.29, 1.82) is 0 Å². The molecule has 1 nitrogen and oxygen atoms in total. The molecule has 0 heterocycles. The molecule has 0 fully saturated rings. The van der Waals surface area contributed by atoms with Gasteiger partial charge in [0.25, 0.3) is 0 Å². The molecule has 12 heavy (non-hydrogen) atoms. The van der Waals surface area contributed by atoms with Gasteiger partial charge in [-0.25, -0.2) is 0 Å². The Morgan fingerprint density at radius 1 is 1.50 bits per heavy atom. The number of hydrogen-bond acceptors (Lipinski definition) is 1. The molecule has 0 amide bonds.